The van der Waals surface area contributed by atoms with Gasteiger partial charge < -0.3 is 5.11 Å². The van der Waals surface area contributed by atoms with Gasteiger partial charge in [0.25, 0.3) is 0 Å². The van der Waals surface area contributed by atoms with Gasteiger partial charge in [-0.2, -0.15) is 0 Å². The molecule has 27 heavy (non-hydrogen) atoms. The van der Waals surface area contributed by atoms with E-state index in [1.807, 2.05) is 0 Å². The van der Waals surface area contributed by atoms with Gasteiger partial charge in [0.1, 0.15) is 5.78 Å². The maximum absolute atomic E-state index is 13.2. The van der Waals surface area contributed by atoms with E-state index in [0.29, 0.717) is 23.0 Å². The van der Waals surface area contributed by atoms with Crippen molar-refractivity contribution in [1.29, 1.82) is 0 Å². The number of carbonyl (C=O) groups is 1. The van der Waals surface area contributed by atoms with Gasteiger partial charge in [0.05, 0.1) is 6.10 Å². The predicted octanol–water partition coefficient (Wildman–Crippen LogP) is 5.87. The van der Waals surface area contributed by atoms with Crippen molar-refractivity contribution in [3.8, 4) is 0 Å². The molecule has 4 aliphatic rings. The third-order valence-electron chi connectivity index (χ3n) is 9.97. The molecule has 2 heteroatoms. The number of hydrogen-bond donors (Lipinski definition) is 1. The molecule has 0 saturated heterocycles. The van der Waals surface area contributed by atoms with Crippen molar-refractivity contribution in [3.05, 3.63) is 0 Å². The van der Waals surface area contributed by atoms with Crippen molar-refractivity contribution in [1.82, 2.24) is 0 Å². The first kappa shape index (κ1) is 19.9. The molecule has 0 spiro atoms. The number of fused-ring (bicyclic) bond motifs is 5. The zero-order valence-electron chi connectivity index (χ0n) is 18.3. The Hall–Kier alpha value is -0.370. The van der Waals surface area contributed by atoms with Crippen LogP contribution in [0.2, 0.25) is 0 Å². The summed E-state index contributed by atoms with van der Waals surface area (Å²) in [6, 6.07) is 0. The number of Topliss-reactive ketones (excluding diaryl/α,β-unsaturated/α-hetero) is 1. The van der Waals surface area contributed by atoms with Crippen LogP contribution in [0.4, 0.5) is 0 Å². The Morgan fingerprint density at radius 3 is 2.41 bits per heavy atom. The van der Waals surface area contributed by atoms with E-state index in [2.05, 4.69) is 34.6 Å². The van der Waals surface area contributed by atoms with Crippen LogP contribution >= 0.6 is 0 Å². The Kier molecular flexibility index (Phi) is 5.06. The molecule has 0 heterocycles. The van der Waals surface area contributed by atoms with Crippen molar-refractivity contribution in [2.24, 2.45) is 52.3 Å². The number of ketones is 1. The minimum atomic E-state index is -0.187. The molecule has 154 valence electrons. The Bertz CT molecular complexity index is 583. The summed E-state index contributed by atoms with van der Waals surface area (Å²) < 4.78 is 0. The molecule has 0 unspecified atom stereocenters. The second-order valence-electron chi connectivity index (χ2n) is 11.9. The SMILES string of the molecule is CC(C)C[C@@H](C)[C@H]1CC[C@H]2[C@@H]3CC(=O)[C@H]4CC[C@H](O)C[C@]4(C)[C@H]3CC[C@]12C. The van der Waals surface area contributed by atoms with Crippen LogP contribution in [0.15, 0.2) is 0 Å². The largest absolute Gasteiger partial charge is 0.393 e. The lowest BCUT2D eigenvalue weighted by Crippen LogP contribution is -2.57. The number of aliphatic hydroxyl groups excluding tert-OH is 1. The van der Waals surface area contributed by atoms with E-state index < -0.39 is 0 Å². The first-order chi connectivity index (χ1) is 12.7. The van der Waals surface area contributed by atoms with Crippen molar-refractivity contribution in [2.45, 2.75) is 98.5 Å². The van der Waals surface area contributed by atoms with Crippen LogP contribution < -0.4 is 0 Å². The average molecular weight is 375 g/mol. The summed E-state index contributed by atoms with van der Waals surface area (Å²) in [4.78, 5) is 13.2. The van der Waals surface area contributed by atoms with Crippen LogP contribution in [0, 0.1) is 52.3 Å². The Labute approximate surface area is 166 Å². The minimum absolute atomic E-state index is 0.0562. The molecule has 0 radical (unpaired) electrons. The highest BCUT2D eigenvalue weighted by atomic mass is 16.3. The molecule has 0 aromatic heterocycles. The monoisotopic (exact) mass is 374 g/mol. The summed E-state index contributed by atoms with van der Waals surface area (Å²) in [7, 11) is 0. The van der Waals surface area contributed by atoms with E-state index in [-0.39, 0.29) is 17.4 Å². The zero-order valence-corrected chi connectivity index (χ0v) is 18.3. The molecule has 4 fully saturated rings. The lowest BCUT2D eigenvalue weighted by atomic mass is 9.44. The van der Waals surface area contributed by atoms with Gasteiger partial charge in [0, 0.05) is 12.3 Å². The fourth-order valence-electron chi connectivity index (χ4n) is 9.03. The third kappa shape index (κ3) is 3.04. The lowest BCUT2D eigenvalue weighted by molar-refractivity contribution is -0.160. The Morgan fingerprint density at radius 2 is 1.70 bits per heavy atom. The van der Waals surface area contributed by atoms with E-state index >= 15 is 0 Å². The summed E-state index contributed by atoms with van der Waals surface area (Å²) in [6.45, 7) is 12.2. The normalized spacial score (nSPS) is 50.9. The molecular weight excluding hydrogens is 332 g/mol. The first-order valence-corrected chi connectivity index (χ1v) is 11.9. The third-order valence-corrected chi connectivity index (χ3v) is 9.97. The van der Waals surface area contributed by atoms with Crippen LogP contribution in [0.1, 0.15) is 92.4 Å². The molecule has 4 saturated carbocycles. The van der Waals surface area contributed by atoms with Crippen LogP contribution in [0.5, 0.6) is 0 Å². The molecular formula is C25H42O2. The molecule has 0 aromatic rings. The molecule has 0 bridgehead atoms. The lowest BCUT2D eigenvalue weighted by Gasteiger charge is -2.60. The summed E-state index contributed by atoms with van der Waals surface area (Å²) in [6.07, 6.45) is 9.95. The van der Waals surface area contributed by atoms with E-state index in [1.54, 1.807) is 0 Å². The fraction of sp³-hybridized carbons (Fsp3) is 0.960. The summed E-state index contributed by atoms with van der Waals surface area (Å²) >= 11 is 0. The first-order valence-electron chi connectivity index (χ1n) is 11.9. The number of aliphatic hydroxyl groups is 1. The predicted molar refractivity (Wildman–Crippen MR) is 110 cm³/mol. The maximum Gasteiger partial charge on any atom is 0.136 e. The van der Waals surface area contributed by atoms with Gasteiger partial charge in [-0.05, 0) is 97.7 Å². The Balaban J connectivity index is 1.60. The number of hydrogen-bond acceptors (Lipinski definition) is 2. The summed E-state index contributed by atoms with van der Waals surface area (Å²) in [5.41, 5.74) is 0.493. The van der Waals surface area contributed by atoms with Crippen LogP contribution in [0.25, 0.3) is 0 Å². The van der Waals surface area contributed by atoms with Crippen molar-refractivity contribution < 1.29 is 9.90 Å². The topological polar surface area (TPSA) is 37.3 Å². The highest BCUT2D eigenvalue weighted by Crippen LogP contribution is 2.67. The molecule has 0 aliphatic heterocycles. The van der Waals surface area contributed by atoms with Gasteiger partial charge in [0.2, 0.25) is 0 Å². The second kappa shape index (κ2) is 6.85. The van der Waals surface area contributed by atoms with Crippen LogP contribution in [-0.2, 0) is 4.79 Å². The standard InChI is InChI=1S/C25H42O2/c1-15(2)12-16(3)19-8-9-20-18-13-23(27)22-7-6-17(26)14-25(22,5)21(18)10-11-24(19,20)4/h15-22,26H,6-14H2,1-5H3/t16-,17+,18+,19-,20+,21+,22-,24-,25-/m1/s1. The fourth-order valence-corrected chi connectivity index (χ4v) is 9.03. The van der Waals surface area contributed by atoms with Gasteiger partial charge in [-0.25, -0.2) is 0 Å². The molecule has 0 aromatic carbocycles. The molecule has 4 aliphatic carbocycles. The highest BCUT2D eigenvalue weighted by Gasteiger charge is 2.62. The highest BCUT2D eigenvalue weighted by molar-refractivity contribution is 5.83. The van der Waals surface area contributed by atoms with Gasteiger partial charge in [-0.3, -0.25) is 4.79 Å². The molecule has 2 nitrogen and oxygen atoms in total. The second-order valence-corrected chi connectivity index (χ2v) is 11.9. The quantitative estimate of drug-likeness (QED) is 0.671. The van der Waals surface area contributed by atoms with E-state index in [0.717, 1.165) is 49.4 Å². The van der Waals surface area contributed by atoms with Gasteiger partial charge in [-0.15, -0.1) is 0 Å². The van der Waals surface area contributed by atoms with Crippen molar-refractivity contribution >= 4 is 5.78 Å². The van der Waals surface area contributed by atoms with Crippen molar-refractivity contribution in [3.63, 3.8) is 0 Å². The van der Waals surface area contributed by atoms with Crippen molar-refractivity contribution in [2.75, 3.05) is 0 Å². The number of carbonyl (C=O) groups excluding carboxylic acids is 1. The summed E-state index contributed by atoms with van der Waals surface area (Å²) in [5, 5.41) is 10.4. The van der Waals surface area contributed by atoms with E-state index in [4.69, 9.17) is 0 Å². The van der Waals surface area contributed by atoms with Crippen LogP contribution in [-0.4, -0.2) is 17.0 Å². The average Bonchev–Trinajstić information content (AvgIpc) is 2.91. The molecule has 9 atom stereocenters. The van der Waals surface area contributed by atoms with E-state index in [1.165, 1.54) is 32.1 Å². The maximum atomic E-state index is 13.2. The molecule has 1 N–H and O–H groups in total. The minimum Gasteiger partial charge on any atom is -0.393 e. The molecule has 0 amide bonds. The Morgan fingerprint density at radius 1 is 1.00 bits per heavy atom. The summed E-state index contributed by atoms with van der Waals surface area (Å²) in [5.74, 6) is 5.15. The number of rotatable bonds is 3. The van der Waals surface area contributed by atoms with Gasteiger partial charge >= 0.3 is 0 Å². The van der Waals surface area contributed by atoms with E-state index in [9.17, 15) is 9.90 Å². The van der Waals surface area contributed by atoms with Crippen LogP contribution in [0.3, 0.4) is 0 Å². The van der Waals surface area contributed by atoms with Gasteiger partial charge in [0.15, 0.2) is 0 Å². The smallest absolute Gasteiger partial charge is 0.136 e. The van der Waals surface area contributed by atoms with Gasteiger partial charge in [-0.1, -0.05) is 34.6 Å². The zero-order chi connectivity index (χ0) is 19.6. The molecule has 4 rings (SSSR count).